The standard InChI is InChI=1S/C19H31NO.C18H28N2O.C9H12N2O.C9H18O.2C2H4O2.CN.CH4O.B.Na/c1-6-8-9-17(19(3,4)5)14-20-18(21)16-12-10-15(7-2)11-13-16;1-6-8-9-16(18(3,4)5)19-20-17(21)15-12-10-14(7-2)11-13-15;1-2-7-3-5-8(6-4-7)9(12)11-10;1-5-6-7-8(10)9(2,3)4;2*1-2(3)4;2*1-2;;/h10-13,17H,6-9,14H2,1-5H3,(H,20,21);10-13H,6-9H2,1-5H3,(H,20,21);3-6H,2,10H2,1H3,(H,11,12);5-7H2,1-4H3;2*1H3,(H,3,4);;2H,1H3;;/q;;;;;;-1;;;+1/b;19-16+;;;;;;;;. The van der Waals surface area contributed by atoms with E-state index < -0.39 is 11.9 Å². The van der Waals surface area contributed by atoms with Crippen LogP contribution in [0.5, 0.6) is 0 Å². The number of rotatable bonds is 18. The van der Waals surface area contributed by atoms with E-state index in [4.69, 9.17) is 42.6 Å². The van der Waals surface area contributed by atoms with E-state index in [1.165, 1.54) is 36.0 Å². The quantitative estimate of drug-likeness (QED) is 0.0157. The maximum absolute atomic E-state index is 12.2. The average molecular weight is 1100 g/mol. The van der Waals surface area contributed by atoms with Gasteiger partial charge in [-0.15, -0.1) is 0 Å². The minimum Gasteiger partial charge on any atom is -0.512 e. The van der Waals surface area contributed by atoms with Crippen LogP contribution < -0.4 is 51.6 Å². The van der Waals surface area contributed by atoms with Gasteiger partial charge in [0.2, 0.25) is 0 Å². The zero-order chi connectivity index (χ0) is 60.1. The van der Waals surface area contributed by atoms with Crippen LogP contribution in [0.15, 0.2) is 77.9 Å². The molecule has 0 spiro atoms. The Balaban J connectivity index is -0.000000164. The average Bonchev–Trinajstić information content (AvgIpc) is 3.38. The summed E-state index contributed by atoms with van der Waals surface area (Å²) < 4.78 is 0. The topological polar surface area (TPSA) is 261 Å². The Morgan fingerprint density at radius 1 is 0.564 bits per heavy atom. The molecule has 0 aliphatic heterocycles. The molecule has 8 N–H and O–H groups in total. The molecule has 3 rings (SSSR count). The number of hydrazine groups is 1. The minimum absolute atomic E-state index is 0. The van der Waals surface area contributed by atoms with Gasteiger partial charge in [0.1, 0.15) is 5.78 Å². The number of aliphatic hydroxyl groups excluding tert-OH is 1. The van der Waals surface area contributed by atoms with Crippen LogP contribution in [0.1, 0.15) is 223 Å². The molecular weight excluding hydrogens is 995 g/mol. The largest absolute Gasteiger partial charge is 1.00 e. The van der Waals surface area contributed by atoms with Crippen molar-refractivity contribution in [1.82, 2.24) is 16.2 Å². The van der Waals surface area contributed by atoms with E-state index >= 15 is 0 Å². The summed E-state index contributed by atoms with van der Waals surface area (Å²) in [6, 6.07) is 23.0. The van der Waals surface area contributed by atoms with Crippen molar-refractivity contribution in [3.05, 3.63) is 113 Å². The number of aryl methyl sites for hydroxylation is 3. The van der Waals surface area contributed by atoms with Gasteiger partial charge in [0.25, 0.3) is 29.7 Å². The van der Waals surface area contributed by atoms with Gasteiger partial charge in [-0.25, -0.2) is 11.3 Å². The van der Waals surface area contributed by atoms with Crippen molar-refractivity contribution in [1.29, 1.82) is 5.26 Å². The second-order valence-electron chi connectivity index (χ2n) is 20.7. The first kappa shape index (κ1) is 86.7. The van der Waals surface area contributed by atoms with E-state index in [2.05, 4.69) is 104 Å². The van der Waals surface area contributed by atoms with Crippen LogP contribution >= 0.6 is 0 Å². The van der Waals surface area contributed by atoms with Gasteiger partial charge in [0.05, 0.1) is 0 Å². The van der Waals surface area contributed by atoms with Gasteiger partial charge in [0, 0.05) is 75.6 Å². The number of aliphatic hydroxyl groups is 1. The number of hydrazone groups is 1. The van der Waals surface area contributed by atoms with Gasteiger partial charge < -0.3 is 32.5 Å². The van der Waals surface area contributed by atoms with Crippen molar-refractivity contribution in [2.24, 2.45) is 33.1 Å². The normalized spacial score (nSPS) is 10.5. The second-order valence-corrected chi connectivity index (χ2v) is 20.7. The van der Waals surface area contributed by atoms with Crippen LogP contribution in [0.25, 0.3) is 0 Å². The molecule has 0 saturated heterocycles. The van der Waals surface area contributed by atoms with Gasteiger partial charge in [-0.05, 0) is 109 Å². The van der Waals surface area contributed by atoms with Crippen molar-refractivity contribution in [2.75, 3.05) is 13.7 Å². The van der Waals surface area contributed by atoms with Crippen LogP contribution in [0.3, 0.4) is 0 Å². The predicted octanol–water partition coefficient (Wildman–Crippen LogP) is 9.56. The number of nitrogens with two attached hydrogens (primary N) is 1. The number of Topliss-reactive ketones (excluding diaryl/α,β-unsaturated/α-hetero) is 1. The molecule has 0 aliphatic carbocycles. The molecule has 0 heterocycles. The first-order chi connectivity index (χ1) is 35.5. The third-order valence-corrected chi connectivity index (χ3v) is 11.2. The minimum atomic E-state index is -0.833. The van der Waals surface area contributed by atoms with Crippen LogP contribution in [0.4, 0.5) is 0 Å². The van der Waals surface area contributed by atoms with E-state index in [9.17, 15) is 19.2 Å². The van der Waals surface area contributed by atoms with E-state index in [1.807, 2.05) is 81.4 Å². The van der Waals surface area contributed by atoms with E-state index in [0.29, 0.717) is 22.8 Å². The molecule has 0 aliphatic rings. The molecule has 3 amide bonds. The van der Waals surface area contributed by atoms with Crippen molar-refractivity contribution >= 4 is 49.6 Å². The number of hydrogen-bond acceptors (Lipinski definition) is 10. The molecule has 15 nitrogen and oxygen atoms in total. The number of nitrogen functional groups attached to an aromatic ring is 1. The molecular formula is C61H101BN6NaO9. The zero-order valence-corrected chi connectivity index (χ0v) is 53.5. The van der Waals surface area contributed by atoms with Crippen molar-refractivity contribution in [3.63, 3.8) is 0 Å². The third-order valence-electron chi connectivity index (χ3n) is 11.2. The summed E-state index contributed by atoms with van der Waals surface area (Å²) in [4.78, 5) is 64.6. The Labute approximate surface area is 496 Å². The first-order valence-electron chi connectivity index (χ1n) is 26.5. The number of carboxylic acid groups (broad SMARTS) is 2. The molecule has 78 heavy (non-hydrogen) atoms. The second kappa shape index (κ2) is 51.3. The molecule has 3 aromatic rings. The molecule has 0 fully saturated rings. The van der Waals surface area contributed by atoms with Gasteiger partial charge in [0.15, 0.2) is 0 Å². The Bertz CT molecular complexity index is 2060. The molecule has 3 radical (unpaired) electrons. The summed E-state index contributed by atoms with van der Waals surface area (Å²) >= 11 is 0. The fraction of sp³-hybridized carbons (Fsp3) is 0.574. The van der Waals surface area contributed by atoms with Crippen molar-refractivity contribution in [3.8, 4) is 0 Å². The van der Waals surface area contributed by atoms with E-state index in [0.717, 1.165) is 96.6 Å². The Morgan fingerprint density at radius 2 is 0.885 bits per heavy atom. The van der Waals surface area contributed by atoms with Crippen molar-refractivity contribution < 1.29 is 73.6 Å². The maximum atomic E-state index is 12.2. The number of benzene rings is 3. The monoisotopic (exact) mass is 1100 g/mol. The predicted molar refractivity (Wildman–Crippen MR) is 317 cm³/mol. The molecule has 433 valence electrons. The number of aliphatic carboxylic acids is 2. The number of unbranched alkanes of at least 4 members (excludes halogenated alkanes) is 3. The SMILES string of the molecule is CC(=O)O.CC(=O)O.CCCC/C(=N\NC(=O)c1ccc(CC)cc1)C(C)(C)C.CCCCC(=O)C(C)(C)C.CCCCC(CNC(=O)c1ccc(CC)cc1)C(C)(C)C.CCc1ccc(C(=O)NN)cc1.CO.[B].[C-]#N.[Na+]. The summed E-state index contributed by atoms with van der Waals surface area (Å²) in [5, 5.41) is 35.6. The number of carbonyl (C=O) groups excluding carboxylic acids is 4. The number of carbonyl (C=O) groups is 6. The van der Waals surface area contributed by atoms with E-state index in [1.54, 1.807) is 12.1 Å². The van der Waals surface area contributed by atoms with Gasteiger partial charge in [-0.2, -0.15) is 5.10 Å². The molecule has 0 aromatic heterocycles. The summed E-state index contributed by atoms with van der Waals surface area (Å²) in [6.45, 7) is 39.5. The van der Waals surface area contributed by atoms with E-state index in [-0.39, 0.29) is 71.9 Å². The Morgan fingerprint density at radius 3 is 1.17 bits per heavy atom. The summed E-state index contributed by atoms with van der Waals surface area (Å²) in [7, 11) is 1.00. The third kappa shape index (κ3) is 48.0. The Kier molecular flexibility index (Phi) is 57.0. The van der Waals surface area contributed by atoms with Gasteiger partial charge >= 0.3 is 29.6 Å². The van der Waals surface area contributed by atoms with Gasteiger partial charge in [-0.1, -0.05) is 166 Å². The number of carboxylic acids is 2. The Hall–Kier alpha value is -5.18. The van der Waals surface area contributed by atoms with Crippen LogP contribution in [0.2, 0.25) is 0 Å². The summed E-state index contributed by atoms with van der Waals surface area (Å²) in [6.07, 6.45) is 12.6. The molecule has 3 aromatic carbocycles. The fourth-order valence-corrected chi connectivity index (χ4v) is 6.21. The molecule has 0 bridgehead atoms. The summed E-state index contributed by atoms with van der Waals surface area (Å²) in [5.74, 6) is 3.87. The smallest absolute Gasteiger partial charge is 0.512 e. The molecule has 17 heteroatoms. The molecule has 1 atom stereocenters. The van der Waals surface area contributed by atoms with Crippen molar-refractivity contribution in [2.45, 2.75) is 195 Å². The summed E-state index contributed by atoms with van der Waals surface area (Å²) in [5.41, 5.74) is 11.6. The number of ketones is 1. The van der Waals surface area contributed by atoms with Crippen LogP contribution in [-0.2, 0) is 33.6 Å². The number of hydrogen-bond donors (Lipinski definition) is 7. The molecule has 0 saturated carbocycles. The number of amides is 3. The number of nitrogens with zero attached hydrogens (tertiary/aromatic N) is 2. The van der Waals surface area contributed by atoms with Crippen LogP contribution in [-0.4, -0.2) is 78.5 Å². The fourth-order valence-electron chi connectivity index (χ4n) is 6.21. The zero-order valence-electron chi connectivity index (χ0n) is 51.5. The number of nitrogens with one attached hydrogen (secondary N) is 3. The first-order valence-corrected chi connectivity index (χ1v) is 26.5. The maximum Gasteiger partial charge on any atom is 1.00 e. The van der Waals surface area contributed by atoms with Crippen LogP contribution in [0, 0.1) is 34.0 Å². The molecule has 1 unspecified atom stereocenters. The van der Waals surface area contributed by atoms with Gasteiger partial charge in [-0.3, -0.25) is 34.2 Å².